The van der Waals surface area contributed by atoms with Crippen molar-refractivity contribution in [3.8, 4) is 0 Å². The quantitative estimate of drug-likeness (QED) is 0.0452. The minimum Gasteiger partial charge on any atom is -0.477 e. The number of carboxylic acid groups (broad SMARTS) is 1. The summed E-state index contributed by atoms with van der Waals surface area (Å²) in [6.07, 6.45) is -52.6. The molecule has 85 heavy (non-hydrogen) atoms. The van der Waals surface area contributed by atoms with Gasteiger partial charge in [0.15, 0.2) is 31.5 Å². The first-order chi connectivity index (χ1) is 40.0. The fourth-order valence-electron chi connectivity index (χ4n) is 10.7. The normalized spacial score (nSPS) is 45.0. The number of hydrogen-bond acceptors (Lipinski definition) is 33. The molecule has 0 spiro atoms. The number of carboxylic acids is 1. The lowest BCUT2D eigenvalue weighted by Crippen LogP contribution is -2.71. The van der Waals surface area contributed by atoms with Crippen molar-refractivity contribution in [2.24, 2.45) is 0 Å². The molecule has 0 aromatic heterocycles. The maximum Gasteiger partial charge on any atom is 0.364 e. The second-order valence-corrected chi connectivity index (χ2v) is 21.2. The van der Waals surface area contributed by atoms with Crippen LogP contribution in [0.5, 0.6) is 0 Å². The summed E-state index contributed by atoms with van der Waals surface area (Å²) >= 11 is 0. The topological polar surface area (TPSA) is 599 Å². The summed E-state index contributed by atoms with van der Waals surface area (Å²) in [5, 5.41) is 204. The van der Waals surface area contributed by atoms with Gasteiger partial charge >= 0.3 is 5.97 Å². The molecule has 38 heteroatoms. The summed E-state index contributed by atoms with van der Waals surface area (Å²) in [6.45, 7) is -2.17. The highest BCUT2D eigenvalue weighted by Crippen LogP contribution is 2.39. The van der Waals surface area contributed by atoms with Crippen molar-refractivity contribution in [1.29, 1.82) is 0 Å². The lowest BCUT2D eigenvalue weighted by Gasteiger charge is -2.51. The van der Waals surface area contributed by atoms with Crippen LogP contribution in [0, 0.1) is 0 Å². The van der Waals surface area contributed by atoms with Crippen LogP contribution in [-0.2, 0) is 76.1 Å². The van der Waals surface area contributed by atoms with Crippen molar-refractivity contribution in [1.82, 2.24) is 21.3 Å². The van der Waals surface area contributed by atoms with Crippen LogP contribution < -0.4 is 21.3 Å². The molecule has 0 radical (unpaired) electrons. The van der Waals surface area contributed by atoms with Crippen LogP contribution in [-0.4, -0.2) is 351 Å². The third-order valence-electron chi connectivity index (χ3n) is 15.0. The van der Waals surface area contributed by atoms with E-state index in [0.717, 1.165) is 27.7 Å². The van der Waals surface area contributed by atoms with E-state index in [-0.39, 0.29) is 0 Å². The van der Waals surface area contributed by atoms with Crippen LogP contribution in [0.3, 0.4) is 0 Å². The van der Waals surface area contributed by atoms with E-state index >= 15 is 0 Å². The van der Waals surface area contributed by atoms with Gasteiger partial charge in [0, 0.05) is 34.1 Å². The summed E-state index contributed by atoms with van der Waals surface area (Å²) in [5.41, 5.74) is 0. The third kappa shape index (κ3) is 15.8. The molecule has 4 amide bonds. The molecule has 6 rings (SSSR count). The third-order valence-corrected chi connectivity index (χ3v) is 15.0. The van der Waals surface area contributed by atoms with Gasteiger partial charge in [0.1, 0.15) is 140 Å². The van der Waals surface area contributed by atoms with Crippen molar-refractivity contribution in [2.45, 2.75) is 224 Å². The molecule has 0 aliphatic carbocycles. The van der Waals surface area contributed by atoms with Gasteiger partial charge in [-0.1, -0.05) is 0 Å². The van der Waals surface area contributed by atoms with Gasteiger partial charge in [0.2, 0.25) is 23.6 Å². The standard InChI is InChI=1S/C47H78N4O34/c1-12(57)48-23-16(61)5-47(46(73)74,84-39(23)27(63)17(62)6-52)85-40-29(65)19(8-54)78-45(35(40)71)82-36-20(9-55)79-42(24(31(36)67)49-13(2)58)75-11-22-30(66)38(26(41(72)76-22)51-15(4)60)83-43-25(50-14(3)59)32(68)37(21(10-56)80-43)81-44-34(70)33(69)28(64)18(7-53)77-44/h16-45,52-56,61-72H,5-11H2,1-4H3,(H,48,57)(H,49,58)(H,50,59)(H,51,60)(H,73,74)/t16-,17+,18+,19+,20+,21+,22+,23+,24+,25+,26+,27+,28-,29-,30-,31+,32+,33-,34+,35+,36+,37+,38+,39+,40-,41?,42+,43-,44-,45-,47-/m0/s1. The molecule has 6 saturated heterocycles. The molecule has 22 N–H and O–H groups in total. The van der Waals surface area contributed by atoms with Crippen LogP contribution in [0.4, 0.5) is 0 Å². The van der Waals surface area contributed by atoms with E-state index in [0.29, 0.717) is 0 Å². The number of nitrogens with one attached hydrogen (secondary N) is 4. The zero-order chi connectivity index (χ0) is 63.3. The number of ether oxygens (including phenoxy) is 11. The summed E-state index contributed by atoms with van der Waals surface area (Å²) in [4.78, 5) is 62.8. The molecule has 1 unspecified atom stereocenters. The summed E-state index contributed by atoms with van der Waals surface area (Å²) < 4.78 is 63.3. The van der Waals surface area contributed by atoms with Gasteiger partial charge in [0.05, 0.1) is 51.8 Å². The fraction of sp³-hybridized carbons (Fsp3) is 0.894. The van der Waals surface area contributed by atoms with Gasteiger partial charge in [0.25, 0.3) is 5.79 Å². The molecular formula is C47H78N4O34. The predicted octanol–water partition coefficient (Wildman–Crippen LogP) is -14.3. The van der Waals surface area contributed by atoms with Crippen molar-refractivity contribution in [2.75, 3.05) is 39.6 Å². The fourth-order valence-corrected chi connectivity index (χ4v) is 10.7. The number of aliphatic hydroxyl groups is 17. The average molecular weight is 1240 g/mol. The van der Waals surface area contributed by atoms with Crippen LogP contribution in [0.1, 0.15) is 34.1 Å². The smallest absolute Gasteiger partial charge is 0.364 e. The molecule has 6 fully saturated rings. The molecule has 6 aliphatic rings. The number of carbonyl (C=O) groups is 5. The highest BCUT2D eigenvalue weighted by Gasteiger charge is 2.61. The van der Waals surface area contributed by atoms with Crippen molar-refractivity contribution in [3.63, 3.8) is 0 Å². The Kier molecular flexibility index (Phi) is 24.9. The summed E-state index contributed by atoms with van der Waals surface area (Å²) in [6, 6.07) is -6.92. The average Bonchev–Trinajstić information content (AvgIpc) is 3.50. The molecular weight excluding hydrogens is 1160 g/mol. The van der Waals surface area contributed by atoms with Crippen molar-refractivity contribution >= 4 is 29.6 Å². The second kappa shape index (κ2) is 30.2. The minimum atomic E-state index is -3.19. The first-order valence-corrected chi connectivity index (χ1v) is 26.7. The van der Waals surface area contributed by atoms with Gasteiger partial charge in [-0.25, -0.2) is 4.79 Å². The van der Waals surface area contributed by atoms with Crippen LogP contribution >= 0.6 is 0 Å². The summed E-state index contributed by atoms with van der Waals surface area (Å²) in [5.74, 6) is -8.64. The van der Waals surface area contributed by atoms with Crippen LogP contribution in [0.25, 0.3) is 0 Å². The van der Waals surface area contributed by atoms with Crippen LogP contribution in [0.15, 0.2) is 0 Å². The number of amides is 4. The molecule has 6 heterocycles. The van der Waals surface area contributed by atoms with E-state index in [2.05, 4.69) is 21.3 Å². The Bertz CT molecular complexity index is 2210. The van der Waals surface area contributed by atoms with Gasteiger partial charge < -0.3 is 165 Å². The number of hydrogen-bond donors (Lipinski definition) is 22. The number of rotatable bonds is 23. The molecule has 0 aromatic rings. The van der Waals surface area contributed by atoms with Gasteiger partial charge in [-0.2, -0.15) is 0 Å². The Labute approximate surface area is 481 Å². The minimum absolute atomic E-state index is 0.825. The number of aliphatic hydroxyl groups excluding tert-OH is 17. The number of aliphatic carboxylic acids is 1. The Morgan fingerprint density at radius 2 is 0.918 bits per heavy atom. The lowest BCUT2D eigenvalue weighted by molar-refractivity contribution is -0.383. The maximum atomic E-state index is 13.0. The lowest BCUT2D eigenvalue weighted by atomic mass is 9.88. The van der Waals surface area contributed by atoms with Crippen LogP contribution in [0.2, 0.25) is 0 Å². The van der Waals surface area contributed by atoms with Gasteiger partial charge in [-0.3, -0.25) is 19.2 Å². The monoisotopic (exact) mass is 1240 g/mol. The predicted molar refractivity (Wildman–Crippen MR) is 263 cm³/mol. The van der Waals surface area contributed by atoms with E-state index in [9.17, 15) is 116 Å². The first-order valence-electron chi connectivity index (χ1n) is 26.7. The molecule has 490 valence electrons. The van der Waals surface area contributed by atoms with Gasteiger partial charge in [-0.15, -0.1) is 0 Å². The van der Waals surface area contributed by atoms with Gasteiger partial charge in [-0.05, 0) is 0 Å². The Morgan fingerprint density at radius 3 is 1.41 bits per heavy atom. The molecule has 0 aromatic carbocycles. The SMILES string of the molecule is CC(=O)N[C@H]1[C@H](O[C@H]2[C@@H](O)[C@@H](CO[C@@H]3O[C@H](CO)[C@@H](O[C@@H]4O[C@H](CO)[C@H](O)[C@H](O[C@]5(C(=O)O)C[C@H](O)[C@@H](NC(C)=O)[C@H]([C@H](O)[C@H](O)CO)O5)[C@H]4O)[C@H](O)[C@H]3NC(C)=O)OC(O)[C@@H]2NC(C)=O)O[C@H](CO)[C@@H](O[C@@H]2O[C@H](CO)[C@H](O)[C@H](O)[C@H]2O)[C@@H]1O. The van der Waals surface area contributed by atoms with E-state index < -0.39 is 265 Å². The second-order valence-electron chi connectivity index (χ2n) is 21.2. The Morgan fingerprint density at radius 1 is 0.482 bits per heavy atom. The number of carbonyl (C=O) groups excluding carboxylic acids is 4. The van der Waals surface area contributed by atoms with E-state index in [1.54, 1.807) is 0 Å². The molecule has 38 nitrogen and oxygen atoms in total. The van der Waals surface area contributed by atoms with Crippen molar-refractivity contribution in [3.05, 3.63) is 0 Å². The highest BCUT2D eigenvalue weighted by atomic mass is 16.8. The molecule has 31 atom stereocenters. The Balaban J connectivity index is 1.21. The Hall–Kier alpha value is -3.77. The van der Waals surface area contributed by atoms with Crippen molar-refractivity contribution < 1.29 is 168 Å². The highest BCUT2D eigenvalue weighted by molar-refractivity contribution is 5.77. The van der Waals surface area contributed by atoms with E-state index in [1.807, 2.05) is 0 Å². The largest absolute Gasteiger partial charge is 0.477 e. The molecule has 0 bridgehead atoms. The van der Waals surface area contributed by atoms with E-state index in [1.165, 1.54) is 0 Å². The molecule has 6 aliphatic heterocycles. The molecule has 0 saturated carbocycles. The zero-order valence-corrected chi connectivity index (χ0v) is 45.9. The van der Waals surface area contributed by atoms with E-state index in [4.69, 9.17) is 52.1 Å². The maximum absolute atomic E-state index is 13.0. The zero-order valence-electron chi connectivity index (χ0n) is 45.9. The first kappa shape index (κ1) is 70.3. The summed E-state index contributed by atoms with van der Waals surface area (Å²) in [7, 11) is 0.